The van der Waals surface area contributed by atoms with Crippen molar-refractivity contribution in [3.63, 3.8) is 0 Å². The summed E-state index contributed by atoms with van der Waals surface area (Å²) in [7, 11) is 0. The van der Waals surface area contributed by atoms with Gasteiger partial charge in [-0.3, -0.25) is 0 Å². The van der Waals surface area contributed by atoms with Crippen LogP contribution in [0.3, 0.4) is 0 Å². The van der Waals surface area contributed by atoms with Gasteiger partial charge >= 0.3 is 0 Å². The quantitative estimate of drug-likeness (QED) is 0.658. The van der Waals surface area contributed by atoms with Crippen LogP contribution in [0.5, 0.6) is 0 Å². The molecule has 0 amide bonds. The molecule has 0 aromatic carbocycles. The Morgan fingerprint density at radius 2 is 0.778 bits per heavy atom. The van der Waals surface area contributed by atoms with Gasteiger partial charge in [0.1, 0.15) is 0 Å². The molecule has 0 saturated heterocycles. The highest BCUT2D eigenvalue weighted by molar-refractivity contribution is 4.60. The molecule has 0 aromatic heterocycles. The van der Waals surface area contributed by atoms with E-state index in [-0.39, 0.29) is 0 Å². The summed E-state index contributed by atoms with van der Waals surface area (Å²) in [5.41, 5.74) is 0. The molecular formula is C17H34O. The van der Waals surface area contributed by atoms with Gasteiger partial charge < -0.3 is 5.11 Å². The van der Waals surface area contributed by atoms with Crippen LogP contribution in [0.2, 0.25) is 0 Å². The molecule has 1 fully saturated rings. The Bertz CT molecular complexity index is 151. The minimum Gasteiger partial charge on any atom is -0.396 e. The molecule has 1 heteroatoms. The topological polar surface area (TPSA) is 20.2 Å². The van der Waals surface area contributed by atoms with Gasteiger partial charge in [0.15, 0.2) is 0 Å². The van der Waals surface area contributed by atoms with Crippen LogP contribution in [0.1, 0.15) is 96.3 Å². The van der Waals surface area contributed by atoms with E-state index in [2.05, 4.69) is 0 Å². The maximum atomic E-state index is 9.38. The van der Waals surface area contributed by atoms with Crippen molar-refractivity contribution in [3.05, 3.63) is 0 Å². The standard InChI is InChI=1S/C17H34O/c18-16-17-14-12-10-8-6-4-2-1-3-5-7-9-11-13-15-17/h17-18H,1-16H2. The van der Waals surface area contributed by atoms with Crippen LogP contribution < -0.4 is 0 Å². The molecule has 0 unspecified atom stereocenters. The first-order chi connectivity index (χ1) is 8.93. The number of aliphatic hydroxyl groups excluding tert-OH is 1. The lowest BCUT2D eigenvalue weighted by atomic mass is 9.94. The zero-order valence-corrected chi connectivity index (χ0v) is 12.3. The first kappa shape index (κ1) is 16.0. The Labute approximate surface area is 114 Å². The van der Waals surface area contributed by atoms with E-state index in [0.717, 1.165) is 0 Å². The van der Waals surface area contributed by atoms with E-state index in [1.165, 1.54) is 96.3 Å². The van der Waals surface area contributed by atoms with E-state index in [0.29, 0.717) is 12.5 Å². The van der Waals surface area contributed by atoms with Crippen LogP contribution in [-0.4, -0.2) is 11.7 Å². The summed E-state index contributed by atoms with van der Waals surface area (Å²) in [5, 5.41) is 9.38. The van der Waals surface area contributed by atoms with Crippen molar-refractivity contribution in [2.75, 3.05) is 6.61 Å². The van der Waals surface area contributed by atoms with Crippen molar-refractivity contribution in [1.82, 2.24) is 0 Å². The first-order valence-electron chi connectivity index (χ1n) is 8.54. The molecule has 0 aliphatic heterocycles. The number of aliphatic hydroxyl groups is 1. The Kier molecular flexibility index (Phi) is 10.7. The van der Waals surface area contributed by atoms with Crippen LogP contribution in [0, 0.1) is 5.92 Å². The van der Waals surface area contributed by atoms with Crippen LogP contribution in [-0.2, 0) is 0 Å². The third-order valence-corrected chi connectivity index (χ3v) is 4.48. The lowest BCUT2D eigenvalue weighted by Crippen LogP contribution is -2.06. The lowest BCUT2D eigenvalue weighted by molar-refractivity contribution is 0.204. The number of hydrogen-bond acceptors (Lipinski definition) is 1. The van der Waals surface area contributed by atoms with Gasteiger partial charge in [0.2, 0.25) is 0 Å². The summed E-state index contributed by atoms with van der Waals surface area (Å²) in [6, 6.07) is 0. The summed E-state index contributed by atoms with van der Waals surface area (Å²) in [5.74, 6) is 0.595. The molecule has 0 spiro atoms. The van der Waals surface area contributed by atoms with Crippen LogP contribution in [0.15, 0.2) is 0 Å². The van der Waals surface area contributed by atoms with Crippen molar-refractivity contribution < 1.29 is 5.11 Å². The van der Waals surface area contributed by atoms with E-state index in [4.69, 9.17) is 0 Å². The summed E-state index contributed by atoms with van der Waals surface area (Å²) in [4.78, 5) is 0. The second kappa shape index (κ2) is 12.0. The molecule has 1 saturated carbocycles. The van der Waals surface area contributed by atoms with Crippen molar-refractivity contribution >= 4 is 0 Å². The molecule has 0 radical (unpaired) electrons. The van der Waals surface area contributed by atoms with Gasteiger partial charge in [0, 0.05) is 6.61 Å². The molecule has 18 heavy (non-hydrogen) atoms. The van der Waals surface area contributed by atoms with E-state index in [1.807, 2.05) is 0 Å². The zero-order valence-electron chi connectivity index (χ0n) is 12.3. The van der Waals surface area contributed by atoms with Crippen molar-refractivity contribution in [2.24, 2.45) is 5.92 Å². The Morgan fingerprint density at radius 3 is 1.06 bits per heavy atom. The molecule has 0 atom stereocenters. The molecule has 108 valence electrons. The van der Waals surface area contributed by atoms with E-state index in [9.17, 15) is 5.11 Å². The maximum Gasteiger partial charge on any atom is 0.0459 e. The largest absolute Gasteiger partial charge is 0.396 e. The molecule has 1 aliphatic carbocycles. The van der Waals surface area contributed by atoms with E-state index >= 15 is 0 Å². The fraction of sp³-hybridized carbons (Fsp3) is 1.00. The fourth-order valence-electron chi connectivity index (χ4n) is 3.14. The first-order valence-corrected chi connectivity index (χ1v) is 8.54. The fourth-order valence-corrected chi connectivity index (χ4v) is 3.14. The van der Waals surface area contributed by atoms with Crippen LogP contribution >= 0.6 is 0 Å². The van der Waals surface area contributed by atoms with Crippen molar-refractivity contribution in [2.45, 2.75) is 96.3 Å². The average Bonchev–Trinajstić information content (AvgIpc) is 2.39. The molecule has 1 N–H and O–H groups in total. The minimum atomic E-state index is 0.417. The molecule has 0 bridgehead atoms. The highest BCUT2D eigenvalue weighted by Crippen LogP contribution is 2.20. The second-order valence-electron chi connectivity index (χ2n) is 6.22. The highest BCUT2D eigenvalue weighted by Gasteiger charge is 2.07. The SMILES string of the molecule is OCC1CCCCCCCCCCCCCCC1. The van der Waals surface area contributed by atoms with Gasteiger partial charge in [-0.1, -0.05) is 83.5 Å². The van der Waals surface area contributed by atoms with Gasteiger partial charge in [-0.15, -0.1) is 0 Å². The Balaban J connectivity index is 2.15. The predicted molar refractivity (Wildman–Crippen MR) is 79.8 cm³/mol. The van der Waals surface area contributed by atoms with Crippen LogP contribution in [0.4, 0.5) is 0 Å². The summed E-state index contributed by atoms with van der Waals surface area (Å²) >= 11 is 0. The summed E-state index contributed by atoms with van der Waals surface area (Å²) in [6.45, 7) is 0.417. The molecule has 0 aromatic rings. The Hall–Kier alpha value is -0.0400. The van der Waals surface area contributed by atoms with Crippen molar-refractivity contribution in [3.8, 4) is 0 Å². The smallest absolute Gasteiger partial charge is 0.0459 e. The highest BCUT2D eigenvalue weighted by atomic mass is 16.3. The third kappa shape index (κ3) is 8.97. The van der Waals surface area contributed by atoms with Crippen LogP contribution in [0.25, 0.3) is 0 Å². The molecular weight excluding hydrogens is 220 g/mol. The molecule has 1 aliphatic rings. The number of rotatable bonds is 1. The summed E-state index contributed by atoms with van der Waals surface area (Å²) in [6.07, 6.45) is 20.9. The predicted octanol–water partition coefficient (Wildman–Crippen LogP) is 5.46. The normalized spacial score (nSPS) is 23.8. The Morgan fingerprint density at radius 1 is 0.500 bits per heavy atom. The summed E-state index contributed by atoms with van der Waals surface area (Å²) < 4.78 is 0. The molecule has 1 nitrogen and oxygen atoms in total. The minimum absolute atomic E-state index is 0.417. The van der Waals surface area contributed by atoms with Gasteiger partial charge in [-0.05, 0) is 18.8 Å². The second-order valence-corrected chi connectivity index (χ2v) is 6.22. The van der Waals surface area contributed by atoms with Gasteiger partial charge in [-0.25, -0.2) is 0 Å². The van der Waals surface area contributed by atoms with Gasteiger partial charge in [0.05, 0.1) is 0 Å². The molecule has 1 rings (SSSR count). The average molecular weight is 254 g/mol. The lowest BCUT2D eigenvalue weighted by Gasteiger charge is -2.14. The third-order valence-electron chi connectivity index (χ3n) is 4.48. The maximum absolute atomic E-state index is 9.38. The monoisotopic (exact) mass is 254 g/mol. The van der Waals surface area contributed by atoms with Gasteiger partial charge in [0.25, 0.3) is 0 Å². The number of hydrogen-bond donors (Lipinski definition) is 1. The van der Waals surface area contributed by atoms with Crippen molar-refractivity contribution in [1.29, 1.82) is 0 Å². The molecule has 0 heterocycles. The zero-order chi connectivity index (χ0) is 12.9. The van der Waals surface area contributed by atoms with E-state index < -0.39 is 0 Å². The van der Waals surface area contributed by atoms with E-state index in [1.54, 1.807) is 0 Å². The van der Waals surface area contributed by atoms with Gasteiger partial charge in [-0.2, -0.15) is 0 Å².